The van der Waals surface area contributed by atoms with Gasteiger partial charge in [-0.05, 0) is 31.1 Å². The minimum Gasteiger partial charge on any atom is -0.480 e. The minimum atomic E-state index is -1.06. The number of hydrogen-bond donors (Lipinski definition) is 3. The lowest BCUT2D eigenvalue weighted by Crippen LogP contribution is -2.60. The first-order valence-electron chi connectivity index (χ1n) is 8.27. The van der Waals surface area contributed by atoms with Gasteiger partial charge in [-0.15, -0.1) is 0 Å². The van der Waals surface area contributed by atoms with Gasteiger partial charge in [0.25, 0.3) is 0 Å². The third-order valence-corrected chi connectivity index (χ3v) is 5.49. The first kappa shape index (κ1) is 16.1. The highest BCUT2D eigenvalue weighted by Gasteiger charge is 2.41. The smallest absolute Gasteiger partial charge is 0.329 e. The van der Waals surface area contributed by atoms with Gasteiger partial charge < -0.3 is 15.7 Å². The molecule has 2 fully saturated rings. The summed E-state index contributed by atoms with van der Waals surface area (Å²) in [5.74, 6) is 0.145. The van der Waals surface area contributed by atoms with Crippen LogP contribution in [0.4, 0.5) is 4.79 Å². The summed E-state index contributed by atoms with van der Waals surface area (Å²) in [5.41, 5.74) is -1.06. The van der Waals surface area contributed by atoms with Crippen LogP contribution in [0.5, 0.6) is 0 Å². The highest BCUT2D eigenvalue weighted by molar-refractivity contribution is 5.86. The van der Waals surface area contributed by atoms with E-state index in [2.05, 4.69) is 24.5 Å². The molecule has 0 aromatic heterocycles. The van der Waals surface area contributed by atoms with Crippen LogP contribution in [0, 0.1) is 11.8 Å². The van der Waals surface area contributed by atoms with Crippen molar-refractivity contribution in [1.29, 1.82) is 0 Å². The number of carbonyl (C=O) groups is 2. The molecule has 120 valence electrons. The van der Waals surface area contributed by atoms with Gasteiger partial charge in [0.1, 0.15) is 5.54 Å². The number of rotatable bonds is 3. The lowest BCUT2D eigenvalue weighted by atomic mass is 9.78. The summed E-state index contributed by atoms with van der Waals surface area (Å²) >= 11 is 0. The molecule has 3 N–H and O–H groups in total. The molecule has 0 aromatic rings. The van der Waals surface area contributed by atoms with Gasteiger partial charge in [-0.25, -0.2) is 9.59 Å². The molecule has 3 atom stereocenters. The van der Waals surface area contributed by atoms with E-state index >= 15 is 0 Å². The summed E-state index contributed by atoms with van der Waals surface area (Å²) in [6, 6.07) is -0.159. The average Bonchev–Trinajstić information content (AvgIpc) is 2.44. The van der Waals surface area contributed by atoms with E-state index < -0.39 is 11.5 Å². The molecule has 0 aliphatic heterocycles. The van der Waals surface area contributed by atoms with Crippen molar-refractivity contribution in [3.05, 3.63) is 0 Å². The van der Waals surface area contributed by atoms with Gasteiger partial charge >= 0.3 is 12.0 Å². The molecule has 2 aliphatic rings. The van der Waals surface area contributed by atoms with E-state index in [9.17, 15) is 14.7 Å². The Morgan fingerprint density at radius 1 is 1.05 bits per heavy atom. The number of nitrogens with one attached hydrogen (secondary N) is 2. The second-order valence-electron chi connectivity index (χ2n) is 6.92. The van der Waals surface area contributed by atoms with Crippen molar-refractivity contribution in [2.45, 2.75) is 76.8 Å². The molecule has 2 amide bonds. The standard InChI is InChI=1S/C16H28N2O3/c1-11-7-6-8-13(12(11)2)17-15(21)18-16(14(19)20)9-4-3-5-10-16/h11-13H,3-10H2,1-2H3,(H,19,20)(H2,17,18,21). The van der Waals surface area contributed by atoms with Gasteiger partial charge in [-0.2, -0.15) is 0 Å². The van der Waals surface area contributed by atoms with E-state index in [0.717, 1.165) is 32.1 Å². The Morgan fingerprint density at radius 3 is 2.33 bits per heavy atom. The van der Waals surface area contributed by atoms with Gasteiger partial charge in [-0.3, -0.25) is 0 Å². The Kier molecular flexibility index (Phi) is 5.12. The van der Waals surface area contributed by atoms with E-state index in [1.165, 1.54) is 6.42 Å². The zero-order valence-electron chi connectivity index (χ0n) is 13.2. The fourth-order valence-corrected chi connectivity index (χ4v) is 3.76. The van der Waals surface area contributed by atoms with Crippen LogP contribution < -0.4 is 10.6 Å². The van der Waals surface area contributed by atoms with Crippen LogP contribution in [0.1, 0.15) is 65.2 Å². The minimum absolute atomic E-state index is 0.156. The Morgan fingerprint density at radius 2 is 1.71 bits per heavy atom. The van der Waals surface area contributed by atoms with Gasteiger partial charge in [0, 0.05) is 6.04 Å². The third kappa shape index (κ3) is 3.69. The molecule has 2 rings (SSSR count). The largest absolute Gasteiger partial charge is 0.480 e. The summed E-state index contributed by atoms with van der Waals surface area (Å²) in [6.45, 7) is 4.39. The molecular weight excluding hydrogens is 268 g/mol. The van der Waals surface area contributed by atoms with Gasteiger partial charge in [0.2, 0.25) is 0 Å². The van der Waals surface area contributed by atoms with E-state index in [1.54, 1.807) is 0 Å². The van der Waals surface area contributed by atoms with E-state index in [-0.39, 0.29) is 12.1 Å². The molecule has 3 unspecified atom stereocenters. The molecule has 0 heterocycles. The molecule has 0 bridgehead atoms. The number of aliphatic carboxylic acids is 1. The SMILES string of the molecule is CC1CCCC(NC(=O)NC2(C(=O)O)CCCCC2)C1C. The number of urea groups is 1. The van der Waals surface area contributed by atoms with Crippen molar-refractivity contribution in [3.63, 3.8) is 0 Å². The molecular formula is C16H28N2O3. The fourth-order valence-electron chi connectivity index (χ4n) is 3.76. The van der Waals surface area contributed by atoms with Crippen LogP contribution in [0.3, 0.4) is 0 Å². The lowest BCUT2D eigenvalue weighted by molar-refractivity contribution is -0.145. The summed E-state index contributed by atoms with van der Waals surface area (Å²) in [4.78, 5) is 23.8. The van der Waals surface area contributed by atoms with Crippen LogP contribution in [0.2, 0.25) is 0 Å². The first-order valence-corrected chi connectivity index (χ1v) is 8.27. The molecule has 0 aromatic carbocycles. The zero-order chi connectivity index (χ0) is 15.5. The number of amides is 2. The molecule has 0 spiro atoms. The second-order valence-corrected chi connectivity index (χ2v) is 6.92. The lowest BCUT2D eigenvalue weighted by Gasteiger charge is -2.37. The van der Waals surface area contributed by atoms with Crippen LogP contribution in [0.15, 0.2) is 0 Å². The highest BCUT2D eigenvalue weighted by Crippen LogP contribution is 2.30. The maximum atomic E-state index is 12.3. The van der Waals surface area contributed by atoms with Crippen LogP contribution >= 0.6 is 0 Å². The predicted molar refractivity (Wildman–Crippen MR) is 81.1 cm³/mol. The Hall–Kier alpha value is -1.26. The Balaban J connectivity index is 1.95. The molecule has 5 nitrogen and oxygen atoms in total. The predicted octanol–water partition coefficient (Wildman–Crippen LogP) is 2.90. The summed E-state index contributed by atoms with van der Waals surface area (Å²) in [6.07, 6.45) is 7.17. The van der Waals surface area contributed by atoms with E-state index in [1.807, 2.05) is 0 Å². The van der Waals surface area contributed by atoms with Crippen LogP contribution in [-0.4, -0.2) is 28.7 Å². The van der Waals surface area contributed by atoms with Crippen molar-refractivity contribution in [1.82, 2.24) is 10.6 Å². The zero-order valence-corrected chi connectivity index (χ0v) is 13.2. The first-order chi connectivity index (χ1) is 9.94. The quantitative estimate of drug-likeness (QED) is 0.749. The van der Waals surface area contributed by atoms with Gasteiger partial charge in [-0.1, -0.05) is 46.0 Å². The monoisotopic (exact) mass is 296 g/mol. The van der Waals surface area contributed by atoms with Crippen molar-refractivity contribution < 1.29 is 14.7 Å². The third-order valence-electron chi connectivity index (χ3n) is 5.49. The number of carboxylic acids is 1. The number of carbonyl (C=O) groups excluding carboxylic acids is 1. The van der Waals surface area contributed by atoms with E-state index in [4.69, 9.17) is 0 Å². The summed E-state index contributed by atoms with van der Waals surface area (Å²) in [5, 5.41) is 15.3. The molecule has 5 heteroatoms. The van der Waals surface area contributed by atoms with Crippen LogP contribution in [0.25, 0.3) is 0 Å². The maximum Gasteiger partial charge on any atom is 0.329 e. The summed E-state index contributed by atoms with van der Waals surface area (Å²) in [7, 11) is 0. The molecule has 0 radical (unpaired) electrons. The van der Waals surface area contributed by atoms with Crippen LogP contribution in [-0.2, 0) is 4.79 Å². The number of hydrogen-bond acceptors (Lipinski definition) is 2. The van der Waals surface area contributed by atoms with Gasteiger partial charge in [0.05, 0.1) is 0 Å². The Bertz CT molecular complexity index is 391. The fraction of sp³-hybridized carbons (Fsp3) is 0.875. The Labute approximate surface area is 126 Å². The average molecular weight is 296 g/mol. The molecule has 21 heavy (non-hydrogen) atoms. The van der Waals surface area contributed by atoms with Crippen molar-refractivity contribution in [2.75, 3.05) is 0 Å². The summed E-state index contributed by atoms with van der Waals surface area (Å²) < 4.78 is 0. The maximum absolute atomic E-state index is 12.3. The van der Waals surface area contributed by atoms with E-state index in [0.29, 0.717) is 24.7 Å². The van der Waals surface area contributed by atoms with Crippen molar-refractivity contribution in [3.8, 4) is 0 Å². The molecule has 2 saturated carbocycles. The molecule has 0 saturated heterocycles. The van der Waals surface area contributed by atoms with Crippen molar-refractivity contribution >= 4 is 12.0 Å². The molecule has 2 aliphatic carbocycles. The second kappa shape index (κ2) is 6.67. The van der Waals surface area contributed by atoms with Crippen molar-refractivity contribution in [2.24, 2.45) is 11.8 Å². The van der Waals surface area contributed by atoms with Gasteiger partial charge in [0.15, 0.2) is 0 Å². The number of carboxylic acid groups (broad SMARTS) is 1. The highest BCUT2D eigenvalue weighted by atomic mass is 16.4. The topological polar surface area (TPSA) is 78.4 Å². The normalized spacial score (nSPS) is 32.2.